The van der Waals surface area contributed by atoms with Crippen LogP contribution < -0.4 is 92.1 Å². The first kappa shape index (κ1) is 50.5. The first-order valence-electron chi connectivity index (χ1n) is 23.4. The van der Waals surface area contributed by atoms with Gasteiger partial charge in [-0.1, -0.05) is 103 Å². The summed E-state index contributed by atoms with van der Waals surface area (Å²) < 4.78 is 8.67. The molecule has 2 aliphatic rings. The molecule has 0 spiro atoms. The summed E-state index contributed by atoms with van der Waals surface area (Å²) in [5, 5.41) is 5.81. The van der Waals surface area contributed by atoms with Crippen LogP contribution in [0, 0.1) is 0 Å². The summed E-state index contributed by atoms with van der Waals surface area (Å²) in [6.45, 7) is 0. The minimum absolute atomic E-state index is 0.00140. The molecule has 1 aliphatic carbocycles. The predicted molar refractivity (Wildman–Crippen MR) is 334 cm³/mol. The summed E-state index contributed by atoms with van der Waals surface area (Å²) in [7, 11) is 128. The van der Waals surface area contributed by atoms with Gasteiger partial charge in [0.2, 0.25) is 0 Å². The number of hydrogen-bond donors (Lipinski definition) is 0. The molecule has 0 N–H and O–H groups in total. The standard InChI is InChI=1S/C53H14B19N3O/c54-31-24(20-13-21(25-33(56)41(64)46(69)42(65)34(25)57)74-53(73-20)30-38(61)43(66)47(70)44(67)39(30)62)32(55)36(59)28(35(31)58)26-27-29-37(60)45(68)48(71)52(29)76-51(27)49(72)50(40(26)63)75-22-11-16-7-3-1-5-14(16)9-18(22)19-10-15-6-2-4-8-17(15)12-23(19)75/h1-13,29H. The van der Waals surface area contributed by atoms with E-state index in [2.05, 4.69) is 36.4 Å². The van der Waals surface area contributed by atoms with Crippen molar-refractivity contribution in [1.29, 1.82) is 0 Å². The Bertz CT molecular complexity index is 4180. The number of allylic oxidation sites excluding steroid dienone is 3. The average Bonchev–Trinajstić information content (AvgIpc) is 4.21. The maximum atomic E-state index is 7.66. The highest BCUT2D eigenvalue weighted by molar-refractivity contribution is 6.70. The second-order valence-electron chi connectivity index (χ2n) is 19.0. The van der Waals surface area contributed by atoms with Crippen LogP contribution in [0.15, 0.2) is 101 Å². The van der Waals surface area contributed by atoms with Crippen molar-refractivity contribution in [2.75, 3.05) is 0 Å². The number of rotatable bonds is 5. The van der Waals surface area contributed by atoms with E-state index in [0.717, 1.165) is 43.4 Å². The van der Waals surface area contributed by atoms with E-state index in [0.29, 0.717) is 11.3 Å². The Morgan fingerprint density at radius 2 is 0.750 bits per heavy atom. The molecule has 0 saturated carbocycles. The fourth-order valence-electron chi connectivity index (χ4n) is 11.0. The van der Waals surface area contributed by atoms with Crippen LogP contribution in [-0.2, 0) is 0 Å². The number of nitrogens with zero attached hydrogens (tertiary/aromatic N) is 3. The van der Waals surface area contributed by atoms with Gasteiger partial charge in [0.15, 0.2) is 5.82 Å². The second kappa shape index (κ2) is 17.9. The number of hydrogen-bond acceptors (Lipinski definition) is 3. The number of ether oxygens (including phenoxy) is 1. The highest BCUT2D eigenvalue weighted by Gasteiger charge is 2.42. The third-order valence-corrected chi connectivity index (χ3v) is 15.0. The summed E-state index contributed by atoms with van der Waals surface area (Å²) in [4.78, 5) is 9.67. The van der Waals surface area contributed by atoms with Gasteiger partial charge in [-0.15, -0.1) is 43.7 Å². The van der Waals surface area contributed by atoms with Crippen LogP contribution in [0.3, 0.4) is 0 Å². The fourth-order valence-corrected chi connectivity index (χ4v) is 11.0. The van der Waals surface area contributed by atoms with Gasteiger partial charge in [-0.2, -0.15) is 0 Å². The summed E-state index contributed by atoms with van der Waals surface area (Å²) in [5.74, 6) is -0.655. The minimum atomic E-state index is -0.894. The first-order chi connectivity index (χ1) is 36.1. The lowest BCUT2D eigenvalue weighted by atomic mass is 9.59. The van der Waals surface area contributed by atoms with Crippen LogP contribution >= 0.6 is 0 Å². The predicted octanol–water partition coefficient (Wildman–Crippen LogP) is -7.33. The smallest absolute Gasteiger partial charge is 0.159 e. The Morgan fingerprint density at radius 3 is 1.20 bits per heavy atom. The van der Waals surface area contributed by atoms with Gasteiger partial charge in [-0.25, -0.2) is 9.97 Å². The molecule has 304 valence electrons. The van der Waals surface area contributed by atoms with E-state index in [4.69, 9.17) is 164 Å². The number of fused-ring (bicyclic) bond motifs is 8. The van der Waals surface area contributed by atoms with Crippen molar-refractivity contribution in [3.8, 4) is 56.5 Å². The molecule has 1 unspecified atom stereocenters. The van der Waals surface area contributed by atoms with Crippen LogP contribution in [0.4, 0.5) is 0 Å². The Hall–Kier alpha value is -6.33. The lowest BCUT2D eigenvalue weighted by molar-refractivity contribution is 0.442. The highest BCUT2D eigenvalue weighted by atomic mass is 16.5. The van der Waals surface area contributed by atoms with Crippen molar-refractivity contribution in [2.45, 2.75) is 5.92 Å². The van der Waals surface area contributed by atoms with Crippen LogP contribution in [0.25, 0.3) is 94.1 Å². The molecule has 10 aromatic rings. The van der Waals surface area contributed by atoms with Gasteiger partial charge in [0.05, 0.1) is 28.3 Å². The molecule has 1 atom stereocenters. The number of benzene rings is 8. The topological polar surface area (TPSA) is 39.9 Å². The van der Waals surface area contributed by atoms with E-state index in [1.54, 1.807) is 0 Å². The van der Waals surface area contributed by atoms with E-state index in [1.165, 1.54) is 6.07 Å². The molecule has 2 aromatic heterocycles. The Labute approximate surface area is 465 Å². The van der Waals surface area contributed by atoms with Gasteiger partial charge in [0.1, 0.15) is 161 Å². The zero-order valence-corrected chi connectivity index (χ0v) is 40.3. The maximum absolute atomic E-state index is 7.66. The van der Waals surface area contributed by atoms with E-state index >= 15 is 0 Å². The van der Waals surface area contributed by atoms with Crippen LogP contribution in [0.2, 0.25) is 0 Å². The van der Waals surface area contributed by atoms with Crippen LogP contribution in [0.5, 0.6) is 5.75 Å². The normalized spacial score (nSPS) is 14.1. The monoisotopic (exact) mass is 917 g/mol. The third kappa shape index (κ3) is 6.98. The van der Waals surface area contributed by atoms with Crippen molar-refractivity contribution < 1.29 is 4.74 Å². The molecular formula is C53H14B19N3O. The largest absolute Gasteiger partial charge is 0.462 e. The Balaban J connectivity index is 1.18. The van der Waals surface area contributed by atoms with Crippen molar-refractivity contribution in [3.05, 3.63) is 107 Å². The quantitative estimate of drug-likeness (QED) is 0.162. The molecule has 1 aliphatic heterocycles. The molecule has 8 aromatic carbocycles. The van der Waals surface area contributed by atoms with Gasteiger partial charge in [0.25, 0.3) is 0 Å². The van der Waals surface area contributed by atoms with Gasteiger partial charge < -0.3 is 9.30 Å². The third-order valence-electron chi connectivity index (χ3n) is 15.0. The van der Waals surface area contributed by atoms with E-state index in [-0.39, 0.29) is 160 Å². The van der Waals surface area contributed by atoms with Crippen LogP contribution in [-0.4, -0.2) is 164 Å². The molecule has 12 rings (SSSR count). The van der Waals surface area contributed by atoms with E-state index in [1.807, 2.05) is 41.0 Å². The zero-order valence-electron chi connectivity index (χ0n) is 40.3. The van der Waals surface area contributed by atoms with E-state index < -0.39 is 5.92 Å². The van der Waals surface area contributed by atoms with Crippen molar-refractivity contribution in [3.63, 3.8) is 0 Å². The summed E-state index contributed by atoms with van der Waals surface area (Å²) in [6, 6.07) is 26.0. The molecule has 4 nitrogen and oxygen atoms in total. The molecule has 38 radical (unpaired) electrons. The lowest BCUT2D eigenvalue weighted by Gasteiger charge is -2.29. The van der Waals surface area contributed by atoms with Crippen molar-refractivity contribution in [1.82, 2.24) is 14.5 Å². The molecule has 76 heavy (non-hydrogen) atoms. The maximum Gasteiger partial charge on any atom is 0.159 e. The van der Waals surface area contributed by atoms with Crippen molar-refractivity contribution >= 4 is 280 Å². The Kier molecular flexibility index (Phi) is 11.9. The Morgan fingerprint density at radius 1 is 0.368 bits per heavy atom. The molecule has 3 heterocycles. The molecule has 23 heteroatoms. The van der Waals surface area contributed by atoms with Gasteiger partial charge >= 0.3 is 0 Å². The summed E-state index contributed by atoms with van der Waals surface area (Å²) in [6.07, 6.45) is 0. The summed E-state index contributed by atoms with van der Waals surface area (Å²) in [5.41, 5.74) is 2.05. The first-order valence-corrected chi connectivity index (χ1v) is 23.4. The fraction of sp³-hybridized carbons (Fsp3) is 0.0189. The van der Waals surface area contributed by atoms with Gasteiger partial charge in [-0.3, -0.25) is 0 Å². The van der Waals surface area contributed by atoms with Crippen molar-refractivity contribution in [2.24, 2.45) is 0 Å². The zero-order chi connectivity index (χ0) is 54.0. The van der Waals surface area contributed by atoms with E-state index in [9.17, 15) is 0 Å². The molecular weight excluding hydrogens is 900 g/mol. The minimum Gasteiger partial charge on any atom is -0.462 e. The highest BCUT2D eigenvalue weighted by Crippen LogP contribution is 2.53. The van der Waals surface area contributed by atoms with Crippen LogP contribution in [0.1, 0.15) is 11.5 Å². The lowest BCUT2D eigenvalue weighted by Crippen LogP contribution is -2.55. The van der Waals surface area contributed by atoms with Gasteiger partial charge in [-0.05, 0) is 79.6 Å². The number of aromatic nitrogens is 3. The average molecular weight is 914 g/mol. The SMILES string of the molecule is [B]C1=C([B])C2C(=C1[B])Oc1c([B])c(-n3c4cc5ccccc5cc4c4cc5ccccc5cc43)c([B])c(-c3c([B])c([B])c(-c4cc(-c5c([B])c([B])c([B])c([B])c5[B])nc(-c5c([B])c([B])c([B])c([B])c5[B])n4)c([B])c3[B])c12. The molecule has 0 saturated heterocycles. The van der Waals surface area contributed by atoms with Gasteiger partial charge in [0, 0.05) is 27.6 Å². The summed E-state index contributed by atoms with van der Waals surface area (Å²) >= 11 is 0. The molecule has 0 amide bonds. The second-order valence-corrected chi connectivity index (χ2v) is 19.0. The molecule has 0 fully saturated rings. The molecule has 0 bridgehead atoms.